The molecule has 0 unspecified atom stereocenters. The van der Waals surface area contributed by atoms with Gasteiger partial charge in [-0.05, 0) is 44.5 Å². The first kappa shape index (κ1) is 30.5. The van der Waals surface area contributed by atoms with Crippen molar-refractivity contribution in [2.75, 3.05) is 53.9 Å². The summed E-state index contributed by atoms with van der Waals surface area (Å²) in [6, 6.07) is 0.732. The number of benzene rings is 1. The molecule has 1 amide bonds. The Morgan fingerprint density at radius 1 is 1.17 bits per heavy atom. The third-order valence-corrected chi connectivity index (χ3v) is 8.41. The van der Waals surface area contributed by atoms with E-state index in [9.17, 15) is 34.8 Å². The molecule has 0 fully saturated rings. The number of ketones is 2. The second-order valence-electron chi connectivity index (χ2n) is 11.1. The Morgan fingerprint density at radius 3 is 2.34 bits per heavy atom. The van der Waals surface area contributed by atoms with Crippen LogP contribution >= 0.6 is 0 Å². The van der Waals surface area contributed by atoms with Crippen molar-refractivity contribution in [2.45, 2.75) is 37.3 Å². The molecule has 0 bridgehead atoms. The monoisotopic (exact) mass is 574 g/mol. The van der Waals surface area contributed by atoms with Gasteiger partial charge in [-0.2, -0.15) is 0 Å². The van der Waals surface area contributed by atoms with Crippen LogP contribution in [0.4, 0.5) is 5.69 Å². The molecule has 0 aliphatic heterocycles. The minimum absolute atomic E-state index is 0.0259. The number of amides is 1. The zero-order chi connectivity index (χ0) is 30.5. The first-order valence-electron chi connectivity index (χ1n) is 13.2. The van der Waals surface area contributed by atoms with E-state index in [4.69, 9.17) is 15.2 Å². The number of hydrogen-bond acceptors (Lipinski definition) is 12. The van der Waals surface area contributed by atoms with Gasteiger partial charge in [-0.3, -0.25) is 19.3 Å². The molecule has 1 aromatic carbocycles. The summed E-state index contributed by atoms with van der Waals surface area (Å²) in [6.07, 6.45) is -0.294. The van der Waals surface area contributed by atoms with Gasteiger partial charge in [0.15, 0.2) is 17.7 Å². The van der Waals surface area contributed by atoms with E-state index in [0.717, 1.165) is 0 Å². The number of allylic oxidation sites excluding steroid dienone is 1. The fourth-order valence-corrected chi connectivity index (χ4v) is 6.47. The summed E-state index contributed by atoms with van der Waals surface area (Å²) in [6.45, 7) is 0.459. The highest BCUT2D eigenvalue weighted by molar-refractivity contribution is 6.24. The van der Waals surface area contributed by atoms with Gasteiger partial charge < -0.3 is 45.9 Å². The van der Waals surface area contributed by atoms with Crippen LogP contribution in [-0.4, -0.2) is 110 Å². The highest BCUT2D eigenvalue weighted by atomic mass is 16.7. The van der Waals surface area contributed by atoms with E-state index in [1.165, 1.54) is 19.1 Å². The lowest BCUT2D eigenvalue weighted by Crippen LogP contribution is -2.63. The third-order valence-electron chi connectivity index (χ3n) is 8.41. The van der Waals surface area contributed by atoms with Gasteiger partial charge in [0.2, 0.25) is 5.78 Å². The van der Waals surface area contributed by atoms with Crippen molar-refractivity contribution in [1.82, 2.24) is 10.2 Å². The number of likely N-dealkylation sites (N-methyl/N-ethyl adjacent to an activating group) is 1. The summed E-state index contributed by atoms with van der Waals surface area (Å²) in [5.41, 5.74) is 3.27. The summed E-state index contributed by atoms with van der Waals surface area (Å²) < 4.78 is 10.4. The summed E-state index contributed by atoms with van der Waals surface area (Å²) in [4.78, 5) is 43.0. The number of carbonyl (C=O) groups excluding carboxylic acids is 3. The van der Waals surface area contributed by atoms with Gasteiger partial charge in [-0.25, -0.2) is 0 Å². The van der Waals surface area contributed by atoms with Crippen LogP contribution in [0.2, 0.25) is 0 Å². The lowest BCUT2D eigenvalue weighted by molar-refractivity contribution is -0.148. The van der Waals surface area contributed by atoms with Gasteiger partial charge >= 0.3 is 0 Å². The van der Waals surface area contributed by atoms with Gasteiger partial charge in [0.1, 0.15) is 22.8 Å². The average Bonchev–Trinajstić information content (AvgIpc) is 2.89. The minimum atomic E-state index is -2.68. The first-order valence-corrected chi connectivity index (χ1v) is 13.2. The molecule has 41 heavy (non-hydrogen) atoms. The lowest BCUT2D eigenvalue weighted by Gasteiger charge is -2.50. The second-order valence-corrected chi connectivity index (χ2v) is 11.1. The Labute approximate surface area is 237 Å². The molecule has 3 aliphatic carbocycles. The average molecular weight is 575 g/mol. The van der Waals surface area contributed by atoms with Gasteiger partial charge in [-0.15, -0.1) is 0 Å². The van der Waals surface area contributed by atoms with Crippen molar-refractivity contribution >= 4 is 23.2 Å². The molecule has 0 saturated carbocycles. The van der Waals surface area contributed by atoms with E-state index in [0.29, 0.717) is 23.4 Å². The van der Waals surface area contributed by atoms with Crippen molar-refractivity contribution < 1.29 is 44.3 Å². The zero-order valence-electron chi connectivity index (χ0n) is 24.0. The minimum Gasteiger partial charge on any atom is -0.510 e. The number of nitrogens with zero attached hydrogens (tertiary/aromatic N) is 2. The fourth-order valence-electron chi connectivity index (χ4n) is 6.47. The van der Waals surface area contributed by atoms with Crippen LogP contribution < -0.4 is 16.0 Å². The number of aromatic hydroxyl groups is 1. The topological polar surface area (TPSA) is 195 Å². The molecule has 7 N–H and O–H groups in total. The normalized spacial score (nSPS) is 25.9. The predicted molar refractivity (Wildman–Crippen MR) is 148 cm³/mol. The molecule has 224 valence electrons. The number of Topliss-reactive ketones (excluding diaryl/α,β-unsaturated/α-hetero) is 2. The van der Waals surface area contributed by atoms with Crippen molar-refractivity contribution in [3.05, 3.63) is 45.4 Å². The number of hydrogen-bond donors (Lipinski definition) is 6. The number of aliphatic hydroxyl groups is 3. The lowest BCUT2D eigenvalue weighted by atomic mass is 9.58. The second kappa shape index (κ2) is 11.1. The molecule has 3 aliphatic rings. The molecular formula is C28H38N4O9. The number of fused-ring (bicyclic) bond motifs is 3. The maximum atomic E-state index is 14.1. The Morgan fingerprint density at radius 2 is 1.80 bits per heavy atom. The molecular weight excluding hydrogens is 536 g/mol. The number of phenolic OH excluding ortho intramolecular Hbond substituents is 1. The van der Waals surface area contributed by atoms with Crippen LogP contribution in [0, 0.1) is 11.8 Å². The van der Waals surface area contributed by atoms with E-state index >= 15 is 0 Å². The van der Waals surface area contributed by atoms with Crippen molar-refractivity contribution in [3.8, 4) is 5.75 Å². The summed E-state index contributed by atoms with van der Waals surface area (Å²) in [5, 5.41) is 48.6. The van der Waals surface area contributed by atoms with Crippen molar-refractivity contribution in [3.63, 3.8) is 0 Å². The van der Waals surface area contributed by atoms with Gasteiger partial charge in [0.25, 0.3) is 5.91 Å². The molecule has 1 aromatic rings. The number of phenols is 1. The zero-order valence-corrected chi connectivity index (χ0v) is 24.0. The SMILES string of the molecule is COC(CNCc1cc(N(C)C)c2c(c1O)C(=O)C1=C(O)[C@]3(O)C(=O)C(C(N)=O)=C(O)[C@@H](N(C)C)[C@@H]3C[C@@H]1C2)OC. The molecule has 13 nitrogen and oxygen atoms in total. The molecule has 4 atom stereocenters. The third kappa shape index (κ3) is 4.67. The number of carbonyl (C=O) groups is 3. The predicted octanol–water partition coefficient (Wildman–Crippen LogP) is -0.105. The molecule has 13 heteroatoms. The number of methoxy groups -OCH3 is 2. The van der Waals surface area contributed by atoms with Crippen LogP contribution in [0.1, 0.15) is 27.9 Å². The van der Waals surface area contributed by atoms with Crippen LogP contribution in [0.5, 0.6) is 5.75 Å². The van der Waals surface area contributed by atoms with Gasteiger partial charge in [0.05, 0.1) is 11.6 Å². The summed E-state index contributed by atoms with van der Waals surface area (Å²) in [5.74, 6) is -6.78. The summed E-state index contributed by atoms with van der Waals surface area (Å²) >= 11 is 0. The Kier molecular flexibility index (Phi) is 8.22. The number of rotatable bonds is 9. The van der Waals surface area contributed by atoms with Crippen LogP contribution in [0.25, 0.3) is 0 Å². The Balaban J connectivity index is 1.86. The summed E-state index contributed by atoms with van der Waals surface area (Å²) in [7, 11) is 9.78. The number of anilines is 1. The highest BCUT2D eigenvalue weighted by Crippen LogP contribution is 2.53. The Hall–Kier alpha value is -3.49. The van der Waals surface area contributed by atoms with Crippen LogP contribution in [0.15, 0.2) is 28.7 Å². The maximum absolute atomic E-state index is 14.1. The largest absolute Gasteiger partial charge is 0.510 e. The van der Waals surface area contributed by atoms with Crippen molar-refractivity contribution in [1.29, 1.82) is 0 Å². The smallest absolute Gasteiger partial charge is 0.255 e. The van der Waals surface area contributed by atoms with Crippen LogP contribution in [0.3, 0.4) is 0 Å². The number of aliphatic hydroxyl groups excluding tert-OH is 2. The first-order chi connectivity index (χ1) is 19.2. The quantitative estimate of drug-likeness (QED) is 0.170. The van der Waals surface area contributed by atoms with E-state index in [1.807, 2.05) is 4.90 Å². The fraction of sp³-hybridized carbons (Fsp3) is 0.536. The molecule has 4 rings (SSSR count). The van der Waals surface area contributed by atoms with E-state index in [2.05, 4.69) is 5.32 Å². The van der Waals surface area contributed by atoms with E-state index in [1.54, 1.807) is 34.3 Å². The molecule has 0 aromatic heterocycles. The number of nitrogens with one attached hydrogen (secondary N) is 1. The van der Waals surface area contributed by atoms with Crippen molar-refractivity contribution in [2.24, 2.45) is 17.6 Å². The van der Waals surface area contributed by atoms with E-state index < -0.39 is 64.3 Å². The number of ether oxygens (including phenoxy) is 2. The van der Waals surface area contributed by atoms with Gasteiger partial charge in [-0.1, -0.05) is 0 Å². The van der Waals surface area contributed by atoms with Crippen LogP contribution in [-0.2, 0) is 32.0 Å². The number of primary amides is 1. The molecule has 0 spiro atoms. The highest BCUT2D eigenvalue weighted by Gasteiger charge is 2.63. The maximum Gasteiger partial charge on any atom is 0.255 e. The van der Waals surface area contributed by atoms with Gasteiger partial charge in [0, 0.05) is 64.1 Å². The number of nitrogens with two attached hydrogens (primary N) is 1. The molecule has 0 heterocycles. The van der Waals surface area contributed by atoms with E-state index in [-0.39, 0.29) is 36.3 Å². The standard InChI is InChI=1S/C28H38N4O9/c1-31(2)16-9-13(10-30-11-17(40-5)41-6)22(33)19-14(16)7-12-8-15-21(32(3)4)24(35)20(27(29)38)26(37)28(15,39)25(36)18(12)23(19)34/h9,12,15,17,21,30,33,35-36,39H,7-8,10-11H2,1-6H3,(H2,29,38)/t12-,15-,21-,28-/m0/s1. The molecule has 0 saturated heterocycles. The molecule has 0 radical (unpaired) electrons. The Bertz CT molecular complexity index is 1350.